The Morgan fingerprint density at radius 2 is 2.07 bits per heavy atom. The number of halogens is 4. The van der Waals surface area contributed by atoms with E-state index in [1.807, 2.05) is 0 Å². The minimum absolute atomic E-state index is 0.124. The van der Waals surface area contributed by atoms with E-state index in [-0.39, 0.29) is 39.6 Å². The van der Waals surface area contributed by atoms with Gasteiger partial charge in [-0.2, -0.15) is 13.2 Å². The fraction of sp³-hybridized carbons (Fsp3) is 0.312. The van der Waals surface area contributed by atoms with Crippen LogP contribution in [0.5, 0.6) is 0 Å². The van der Waals surface area contributed by atoms with Gasteiger partial charge in [0.1, 0.15) is 27.3 Å². The molecule has 0 saturated carbocycles. The van der Waals surface area contributed by atoms with Crippen LogP contribution in [0.15, 0.2) is 33.2 Å². The van der Waals surface area contributed by atoms with E-state index in [4.69, 9.17) is 0 Å². The maximum atomic E-state index is 14.2. The van der Waals surface area contributed by atoms with Crippen LogP contribution in [0.4, 0.5) is 29.2 Å². The Morgan fingerprint density at radius 1 is 1.32 bits per heavy atom. The van der Waals surface area contributed by atoms with E-state index in [1.165, 1.54) is 11.6 Å². The molecule has 0 fully saturated rings. The van der Waals surface area contributed by atoms with Crippen LogP contribution in [0.1, 0.15) is 18.1 Å². The number of alkyl halides is 3. The Hall–Kier alpha value is -2.05. The number of aliphatic hydroxyl groups excluding tert-OH is 1. The van der Waals surface area contributed by atoms with Crippen molar-refractivity contribution in [3.8, 4) is 0 Å². The highest BCUT2D eigenvalue weighted by Crippen LogP contribution is 2.36. The van der Waals surface area contributed by atoms with E-state index in [0.29, 0.717) is 6.07 Å². The largest absolute Gasteiger partial charge is 0.419 e. The molecule has 2 aromatic rings. The summed E-state index contributed by atoms with van der Waals surface area (Å²) in [6, 6.07) is 2.67. The molecule has 1 aromatic carbocycles. The molecule has 150 valence electrons. The van der Waals surface area contributed by atoms with Crippen molar-refractivity contribution < 1.29 is 26.9 Å². The maximum Gasteiger partial charge on any atom is 0.419 e. The number of aromatic nitrogens is 2. The number of aliphatic hydroxyl groups is 1. The minimum atomic E-state index is -4.79. The van der Waals surface area contributed by atoms with Crippen LogP contribution >= 0.6 is 11.8 Å². The molecular weight excluding hydrogens is 420 g/mol. The molecule has 6 nitrogen and oxygen atoms in total. The second-order valence-corrected chi connectivity index (χ2v) is 7.99. The third kappa shape index (κ3) is 4.33. The molecule has 2 atom stereocenters. The number of nitrogens with one attached hydrogen (secondary N) is 1. The van der Waals surface area contributed by atoms with Gasteiger partial charge in [-0.3, -0.25) is 0 Å². The molecule has 1 aliphatic heterocycles. The van der Waals surface area contributed by atoms with E-state index >= 15 is 0 Å². The first-order valence-electron chi connectivity index (χ1n) is 7.92. The van der Waals surface area contributed by atoms with E-state index in [9.17, 15) is 26.9 Å². The van der Waals surface area contributed by atoms with Crippen LogP contribution in [0.25, 0.3) is 0 Å². The predicted octanol–water partition coefficient (Wildman–Crippen LogP) is 3.50. The smallest absolute Gasteiger partial charge is 0.394 e. The van der Waals surface area contributed by atoms with Crippen molar-refractivity contribution in [3.63, 3.8) is 0 Å². The van der Waals surface area contributed by atoms with Gasteiger partial charge in [0.25, 0.3) is 0 Å². The van der Waals surface area contributed by atoms with E-state index in [1.54, 1.807) is 6.92 Å². The fourth-order valence-electron chi connectivity index (χ4n) is 2.34. The second kappa shape index (κ2) is 8.13. The lowest BCUT2D eigenvalue weighted by molar-refractivity contribution is -0.140. The zero-order valence-corrected chi connectivity index (χ0v) is 16.0. The maximum absolute atomic E-state index is 14.2. The average Bonchev–Trinajstić information content (AvgIpc) is 3.01. The SMILES string of the molecule is C[C@H](CO)Nc1nc(SCc2cccc(C(F)(F)F)c2F)nc2c1S(=O)C=N2. The molecule has 0 amide bonds. The van der Waals surface area contributed by atoms with Crippen LogP contribution < -0.4 is 5.32 Å². The number of anilines is 1. The van der Waals surface area contributed by atoms with Gasteiger partial charge in [0.2, 0.25) is 0 Å². The standard InChI is InChI=1S/C16H14F4N4O2S2/c1-8(5-25)22-14-12-13(21-7-28(12)26)23-15(24-14)27-6-9-3-2-4-10(11(9)17)16(18,19)20/h2-4,7-8,25H,5-6H2,1H3,(H,22,23,24)/t8-,28?/m1/s1. The summed E-state index contributed by atoms with van der Waals surface area (Å²) < 4.78 is 64.7. The topological polar surface area (TPSA) is 87.5 Å². The molecule has 0 aliphatic carbocycles. The van der Waals surface area contributed by atoms with Gasteiger partial charge in [-0.1, -0.05) is 23.9 Å². The van der Waals surface area contributed by atoms with Gasteiger partial charge in [0.15, 0.2) is 11.0 Å². The summed E-state index contributed by atoms with van der Waals surface area (Å²) in [5.41, 5.74) is -0.288. The molecule has 2 N–H and O–H groups in total. The zero-order chi connectivity index (χ0) is 20.5. The number of rotatable bonds is 6. The quantitative estimate of drug-likeness (QED) is 0.411. The third-order valence-electron chi connectivity index (χ3n) is 3.70. The van der Waals surface area contributed by atoms with E-state index < -0.39 is 34.4 Å². The van der Waals surface area contributed by atoms with Crippen LogP contribution in [0.2, 0.25) is 0 Å². The monoisotopic (exact) mass is 434 g/mol. The molecule has 28 heavy (non-hydrogen) atoms. The van der Waals surface area contributed by atoms with Gasteiger partial charge in [-0.25, -0.2) is 23.6 Å². The van der Waals surface area contributed by atoms with Crippen molar-refractivity contribution in [1.29, 1.82) is 0 Å². The molecule has 3 rings (SSSR count). The lowest BCUT2D eigenvalue weighted by Crippen LogP contribution is -2.21. The summed E-state index contributed by atoms with van der Waals surface area (Å²) in [4.78, 5) is 12.5. The highest BCUT2D eigenvalue weighted by atomic mass is 32.2. The third-order valence-corrected chi connectivity index (χ3v) is 5.67. The molecule has 1 unspecified atom stereocenters. The highest BCUT2D eigenvalue weighted by Gasteiger charge is 2.34. The Kier molecular flexibility index (Phi) is 6.01. The summed E-state index contributed by atoms with van der Waals surface area (Å²) in [7, 11) is -1.55. The fourth-order valence-corrected chi connectivity index (χ4v) is 4.02. The van der Waals surface area contributed by atoms with Crippen LogP contribution in [-0.4, -0.2) is 37.5 Å². The lowest BCUT2D eigenvalue weighted by Gasteiger charge is -2.15. The van der Waals surface area contributed by atoms with Gasteiger partial charge in [0, 0.05) is 11.8 Å². The second-order valence-electron chi connectivity index (χ2n) is 5.83. The van der Waals surface area contributed by atoms with Crippen LogP contribution in [0, 0.1) is 5.82 Å². The van der Waals surface area contributed by atoms with Gasteiger partial charge in [0.05, 0.1) is 17.7 Å². The summed E-state index contributed by atoms with van der Waals surface area (Å²) >= 11 is 0.918. The van der Waals surface area contributed by atoms with Gasteiger partial charge in [-0.05, 0) is 18.6 Å². The molecular formula is C16H14F4N4O2S2. The number of hydrogen-bond acceptors (Lipinski definition) is 7. The van der Waals surface area contributed by atoms with Gasteiger partial charge < -0.3 is 10.4 Å². The van der Waals surface area contributed by atoms with Crippen molar-refractivity contribution in [2.45, 2.75) is 34.9 Å². The van der Waals surface area contributed by atoms with Gasteiger partial charge >= 0.3 is 6.18 Å². The molecule has 0 spiro atoms. The van der Waals surface area contributed by atoms with E-state index in [0.717, 1.165) is 17.8 Å². The average molecular weight is 434 g/mol. The highest BCUT2D eigenvalue weighted by molar-refractivity contribution is 7.99. The minimum Gasteiger partial charge on any atom is -0.394 e. The normalized spacial score (nSPS) is 16.9. The Labute approximate surface area is 164 Å². The van der Waals surface area contributed by atoms with E-state index in [2.05, 4.69) is 20.3 Å². The molecule has 0 bridgehead atoms. The van der Waals surface area contributed by atoms with Crippen LogP contribution in [0.3, 0.4) is 0 Å². The summed E-state index contributed by atoms with van der Waals surface area (Å²) in [6.45, 7) is 1.47. The van der Waals surface area contributed by atoms with Crippen molar-refractivity contribution >= 4 is 39.7 Å². The van der Waals surface area contributed by atoms with Crippen molar-refractivity contribution in [3.05, 3.63) is 35.1 Å². The van der Waals surface area contributed by atoms with Gasteiger partial charge in [-0.15, -0.1) is 0 Å². The first-order valence-corrected chi connectivity index (χ1v) is 10.1. The number of benzene rings is 1. The number of aliphatic imine (C=N–C) groups is 1. The number of thioether (sulfide) groups is 1. The number of fused-ring (bicyclic) bond motifs is 1. The Morgan fingerprint density at radius 3 is 2.75 bits per heavy atom. The summed E-state index contributed by atoms with van der Waals surface area (Å²) in [5.74, 6) is -1.12. The van der Waals surface area contributed by atoms with Crippen molar-refractivity contribution in [1.82, 2.24) is 9.97 Å². The number of hydrogen-bond donors (Lipinski definition) is 2. The first kappa shape index (κ1) is 20.7. The number of nitrogens with zero attached hydrogens (tertiary/aromatic N) is 3. The molecule has 1 aliphatic rings. The Balaban J connectivity index is 1.87. The predicted molar refractivity (Wildman–Crippen MR) is 97.7 cm³/mol. The molecule has 1 aromatic heterocycles. The summed E-state index contributed by atoms with van der Waals surface area (Å²) in [5, 5.41) is 12.2. The first-order chi connectivity index (χ1) is 13.2. The Bertz CT molecular complexity index is 953. The molecule has 0 saturated heterocycles. The lowest BCUT2D eigenvalue weighted by atomic mass is 10.1. The molecule has 12 heteroatoms. The zero-order valence-electron chi connectivity index (χ0n) is 14.3. The van der Waals surface area contributed by atoms with Crippen LogP contribution in [-0.2, 0) is 22.7 Å². The van der Waals surface area contributed by atoms with Crippen molar-refractivity contribution in [2.75, 3.05) is 11.9 Å². The molecule has 0 radical (unpaired) electrons. The summed E-state index contributed by atoms with van der Waals surface area (Å²) in [6.07, 6.45) is -4.79. The van der Waals surface area contributed by atoms with Crippen molar-refractivity contribution in [2.24, 2.45) is 4.99 Å². The molecule has 2 heterocycles.